The van der Waals surface area contributed by atoms with Gasteiger partial charge in [0.2, 0.25) is 0 Å². The predicted molar refractivity (Wildman–Crippen MR) is 120 cm³/mol. The van der Waals surface area contributed by atoms with Gasteiger partial charge >= 0.3 is 0 Å². The van der Waals surface area contributed by atoms with Crippen LogP contribution in [0.3, 0.4) is 0 Å². The molecule has 0 bridgehead atoms. The largest absolute Gasteiger partial charge is 0.355 e. The Bertz CT molecular complexity index is 1240. The molecule has 0 aliphatic carbocycles. The average Bonchev–Trinajstić information content (AvgIpc) is 2.91. The van der Waals surface area contributed by atoms with Gasteiger partial charge in [-0.3, -0.25) is 9.20 Å². The van der Waals surface area contributed by atoms with Crippen molar-refractivity contribution in [2.45, 2.75) is 26.3 Å². The minimum absolute atomic E-state index is 0.0507. The number of aromatic nitrogens is 3. The summed E-state index contributed by atoms with van der Waals surface area (Å²) in [6.45, 7) is 7.83. The third-order valence-corrected chi connectivity index (χ3v) is 5.53. The summed E-state index contributed by atoms with van der Waals surface area (Å²) < 4.78 is 2.03. The summed E-state index contributed by atoms with van der Waals surface area (Å²) >= 11 is 0. The highest BCUT2D eigenvalue weighted by Gasteiger charge is 2.20. The van der Waals surface area contributed by atoms with Gasteiger partial charge < -0.3 is 15.5 Å². The van der Waals surface area contributed by atoms with Crippen LogP contribution in [0.4, 0.5) is 5.82 Å². The van der Waals surface area contributed by atoms with E-state index in [1.165, 1.54) is 0 Å². The molecule has 7 nitrogen and oxygen atoms in total. The molecule has 0 atom stereocenters. The summed E-state index contributed by atoms with van der Waals surface area (Å²) in [5, 5.41) is 7.37. The summed E-state index contributed by atoms with van der Waals surface area (Å²) in [5.74, 6) is 0.847. The standard InChI is InChI=1S/C23H26N6O/c1-15(2)25-23(30)17-14-16-8-9-20(28-12-5-10-24-11-13-28)27-21(16)29-19-7-4-3-6-18(19)26-22(17)29/h3-4,6-9,14-15,24H,5,10-13H2,1-2H3,(H,25,30). The Labute approximate surface area is 175 Å². The number of nitrogens with zero attached hydrogens (tertiary/aromatic N) is 4. The summed E-state index contributed by atoms with van der Waals surface area (Å²) in [6.07, 6.45) is 1.09. The van der Waals surface area contributed by atoms with Gasteiger partial charge in [0.1, 0.15) is 11.5 Å². The van der Waals surface area contributed by atoms with Crippen molar-refractivity contribution in [1.29, 1.82) is 0 Å². The van der Waals surface area contributed by atoms with Gasteiger partial charge in [0.25, 0.3) is 5.91 Å². The molecule has 1 aromatic carbocycles. The van der Waals surface area contributed by atoms with E-state index < -0.39 is 0 Å². The predicted octanol–water partition coefficient (Wildman–Crippen LogP) is 2.97. The normalized spacial score (nSPS) is 15.2. The number of hydrogen-bond acceptors (Lipinski definition) is 5. The van der Waals surface area contributed by atoms with E-state index in [1.807, 2.05) is 48.6 Å². The Hall–Kier alpha value is -3.19. The Morgan fingerprint density at radius 3 is 2.80 bits per heavy atom. The topological polar surface area (TPSA) is 74.6 Å². The Kier molecular flexibility index (Phi) is 4.75. The van der Waals surface area contributed by atoms with Crippen molar-refractivity contribution in [2.75, 3.05) is 31.1 Å². The second-order valence-electron chi connectivity index (χ2n) is 8.12. The van der Waals surface area contributed by atoms with Gasteiger partial charge in [-0.15, -0.1) is 0 Å². The highest BCUT2D eigenvalue weighted by atomic mass is 16.1. The van der Waals surface area contributed by atoms with E-state index in [-0.39, 0.29) is 11.9 Å². The number of carbonyl (C=O) groups excluding carboxylic acids is 1. The molecule has 0 saturated carbocycles. The van der Waals surface area contributed by atoms with Crippen LogP contribution >= 0.6 is 0 Å². The summed E-state index contributed by atoms with van der Waals surface area (Å²) in [7, 11) is 0. The molecule has 7 heteroatoms. The van der Waals surface area contributed by atoms with Crippen LogP contribution in [0.15, 0.2) is 42.5 Å². The number of fused-ring (bicyclic) bond motifs is 5. The molecular formula is C23H26N6O. The molecule has 4 aromatic rings. The van der Waals surface area contributed by atoms with Crippen molar-refractivity contribution in [3.05, 3.63) is 48.0 Å². The first-order valence-corrected chi connectivity index (χ1v) is 10.6. The number of pyridine rings is 2. The lowest BCUT2D eigenvalue weighted by molar-refractivity contribution is 0.0944. The average molecular weight is 403 g/mol. The van der Waals surface area contributed by atoms with E-state index in [1.54, 1.807) is 0 Å². The molecule has 2 N–H and O–H groups in total. The number of carbonyl (C=O) groups is 1. The first kappa shape index (κ1) is 18.8. The fraction of sp³-hybridized carbons (Fsp3) is 0.348. The minimum Gasteiger partial charge on any atom is -0.355 e. The molecule has 0 radical (unpaired) electrons. The van der Waals surface area contributed by atoms with Crippen molar-refractivity contribution < 1.29 is 4.79 Å². The van der Waals surface area contributed by atoms with Crippen molar-refractivity contribution >= 4 is 39.4 Å². The van der Waals surface area contributed by atoms with E-state index in [0.29, 0.717) is 11.2 Å². The third-order valence-electron chi connectivity index (χ3n) is 5.53. The smallest absolute Gasteiger partial charge is 0.255 e. The van der Waals surface area contributed by atoms with Gasteiger partial charge in [-0.05, 0) is 57.1 Å². The Morgan fingerprint density at radius 2 is 1.93 bits per heavy atom. The molecule has 154 valence electrons. The zero-order chi connectivity index (χ0) is 20.7. The van der Waals surface area contributed by atoms with E-state index in [0.717, 1.165) is 60.5 Å². The van der Waals surface area contributed by atoms with E-state index in [2.05, 4.69) is 27.7 Å². The van der Waals surface area contributed by atoms with Crippen LogP contribution in [0.2, 0.25) is 0 Å². The first-order valence-electron chi connectivity index (χ1n) is 10.6. The quantitative estimate of drug-likeness (QED) is 0.551. The van der Waals surface area contributed by atoms with Crippen molar-refractivity contribution in [1.82, 2.24) is 25.0 Å². The monoisotopic (exact) mass is 402 g/mol. The number of hydrogen-bond donors (Lipinski definition) is 2. The highest BCUT2D eigenvalue weighted by molar-refractivity contribution is 6.05. The highest BCUT2D eigenvalue weighted by Crippen LogP contribution is 2.27. The molecule has 1 aliphatic heterocycles. The van der Waals surface area contributed by atoms with Crippen LogP contribution in [0.25, 0.3) is 27.7 Å². The van der Waals surface area contributed by atoms with E-state index in [9.17, 15) is 4.79 Å². The molecule has 30 heavy (non-hydrogen) atoms. The fourth-order valence-electron chi connectivity index (χ4n) is 4.14. The van der Waals surface area contributed by atoms with Crippen LogP contribution in [0.5, 0.6) is 0 Å². The zero-order valence-corrected chi connectivity index (χ0v) is 17.4. The summed E-state index contributed by atoms with van der Waals surface area (Å²) in [5.41, 5.74) is 3.85. The molecule has 3 aromatic heterocycles. The zero-order valence-electron chi connectivity index (χ0n) is 17.4. The number of rotatable bonds is 3. The second kappa shape index (κ2) is 7.57. The lowest BCUT2D eigenvalue weighted by Crippen LogP contribution is -2.30. The van der Waals surface area contributed by atoms with Crippen molar-refractivity contribution in [3.8, 4) is 0 Å². The van der Waals surface area contributed by atoms with Gasteiger partial charge in [0.05, 0.1) is 16.6 Å². The van der Waals surface area contributed by atoms with Crippen LogP contribution in [-0.4, -0.2) is 52.5 Å². The molecule has 4 heterocycles. The number of imidazole rings is 1. The fourth-order valence-corrected chi connectivity index (χ4v) is 4.14. The van der Waals surface area contributed by atoms with Crippen LogP contribution in [-0.2, 0) is 0 Å². The summed E-state index contributed by atoms with van der Waals surface area (Å²) in [4.78, 5) is 25.1. The van der Waals surface area contributed by atoms with Gasteiger partial charge in [0, 0.05) is 31.1 Å². The van der Waals surface area contributed by atoms with Crippen LogP contribution in [0.1, 0.15) is 30.6 Å². The van der Waals surface area contributed by atoms with Gasteiger partial charge in [-0.2, -0.15) is 0 Å². The molecule has 0 unspecified atom stereocenters. The maximum Gasteiger partial charge on any atom is 0.255 e. The van der Waals surface area contributed by atoms with Gasteiger partial charge in [-0.1, -0.05) is 12.1 Å². The number of para-hydroxylation sites is 2. The second-order valence-corrected chi connectivity index (χ2v) is 8.12. The molecule has 0 spiro atoms. The number of anilines is 1. The molecule has 1 saturated heterocycles. The minimum atomic E-state index is -0.116. The molecular weight excluding hydrogens is 376 g/mol. The van der Waals surface area contributed by atoms with Gasteiger partial charge in [0.15, 0.2) is 5.65 Å². The lowest BCUT2D eigenvalue weighted by atomic mass is 10.1. The Morgan fingerprint density at radius 1 is 1.07 bits per heavy atom. The van der Waals surface area contributed by atoms with Crippen molar-refractivity contribution in [2.24, 2.45) is 0 Å². The molecule has 5 rings (SSSR count). The number of benzene rings is 1. The SMILES string of the molecule is CC(C)NC(=O)c1cc2ccc(N3CCCNCC3)nc2n2c1nc1ccccc12. The van der Waals surface area contributed by atoms with E-state index in [4.69, 9.17) is 9.97 Å². The first-order chi connectivity index (χ1) is 14.6. The number of amides is 1. The van der Waals surface area contributed by atoms with Crippen molar-refractivity contribution in [3.63, 3.8) is 0 Å². The van der Waals surface area contributed by atoms with E-state index >= 15 is 0 Å². The number of nitrogens with one attached hydrogen (secondary N) is 2. The maximum atomic E-state index is 12.9. The lowest BCUT2D eigenvalue weighted by Gasteiger charge is -2.21. The summed E-state index contributed by atoms with van der Waals surface area (Å²) in [6, 6.07) is 14.1. The third kappa shape index (κ3) is 3.25. The Balaban J connectivity index is 1.76. The molecule has 1 aliphatic rings. The maximum absolute atomic E-state index is 12.9. The molecule has 1 amide bonds. The van der Waals surface area contributed by atoms with Gasteiger partial charge in [-0.25, -0.2) is 9.97 Å². The van der Waals surface area contributed by atoms with Crippen LogP contribution in [0, 0.1) is 0 Å². The van der Waals surface area contributed by atoms with Crippen LogP contribution < -0.4 is 15.5 Å². The molecule has 1 fully saturated rings.